The Kier molecular flexibility index (Phi) is 8.50. The van der Waals surface area contributed by atoms with Crippen LogP contribution in [0.4, 0.5) is 0 Å². The average Bonchev–Trinajstić information content (AvgIpc) is 2.42. The largest absolute Gasteiger partial charge is 0.352 e. The smallest absolute Gasteiger partial charge is 0.251 e. The van der Waals surface area contributed by atoms with Crippen molar-refractivity contribution >= 4 is 40.3 Å². The lowest BCUT2D eigenvalue weighted by atomic mass is 10.2. The van der Waals surface area contributed by atoms with Gasteiger partial charge in [-0.1, -0.05) is 35.4 Å². The number of halogens is 1. The van der Waals surface area contributed by atoms with Gasteiger partial charge in [0.15, 0.2) is 0 Å². The summed E-state index contributed by atoms with van der Waals surface area (Å²) in [7, 11) is 0. The summed E-state index contributed by atoms with van der Waals surface area (Å²) in [6.07, 6.45) is 6.86. The Hall–Kier alpha value is -0.230. The molecule has 18 heavy (non-hydrogen) atoms. The highest BCUT2D eigenvalue weighted by Gasteiger charge is 2.03. The van der Waals surface area contributed by atoms with Crippen LogP contribution in [0.5, 0.6) is 0 Å². The van der Waals surface area contributed by atoms with Gasteiger partial charge >= 0.3 is 0 Å². The van der Waals surface area contributed by atoms with Crippen LogP contribution in [0, 0.1) is 0 Å². The number of amides is 1. The minimum atomic E-state index is 0.0385. The summed E-state index contributed by atoms with van der Waals surface area (Å²) >= 11 is 4.09. The molecule has 0 saturated heterocycles. The molecule has 0 aliphatic heterocycles. The number of hydrogen-bond acceptors (Lipinski definition) is 2. The third-order valence-electron chi connectivity index (χ3n) is 2.70. The van der Waals surface area contributed by atoms with E-state index in [1.807, 2.05) is 30.5 Å². The zero-order valence-electron chi connectivity index (χ0n) is 10.7. The highest BCUT2D eigenvalue weighted by atomic mass is 127. The molecule has 0 heterocycles. The van der Waals surface area contributed by atoms with Crippen LogP contribution in [0.1, 0.15) is 36.0 Å². The first-order valence-electron chi connectivity index (χ1n) is 6.26. The number of nitrogens with one attached hydrogen (secondary N) is 1. The summed E-state index contributed by atoms with van der Waals surface area (Å²) in [6.45, 7) is 0.782. The van der Waals surface area contributed by atoms with E-state index in [0.29, 0.717) is 0 Å². The molecule has 4 heteroatoms. The second-order valence-corrected chi connectivity index (χ2v) is 6.05. The van der Waals surface area contributed by atoms with E-state index in [1.165, 1.54) is 28.6 Å². The summed E-state index contributed by atoms with van der Waals surface area (Å²) in [5.41, 5.74) is 0.750. The van der Waals surface area contributed by atoms with Crippen molar-refractivity contribution in [2.45, 2.75) is 30.6 Å². The second-order valence-electron chi connectivity index (χ2n) is 4.09. The van der Waals surface area contributed by atoms with E-state index in [9.17, 15) is 4.79 Å². The van der Waals surface area contributed by atoms with Gasteiger partial charge in [-0.15, -0.1) is 11.8 Å². The zero-order valence-corrected chi connectivity index (χ0v) is 13.7. The average molecular weight is 377 g/mol. The molecule has 1 amide bonds. The predicted molar refractivity (Wildman–Crippen MR) is 87.9 cm³/mol. The van der Waals surface area contributed by atoms with Gasteiger partial charge in [0, 0.05) is 17.0 Å². The number of thioether (sulfide) groups is 1. The van der Waals surface area contributed by atoms with Crippen molar-refractivity contribution in [1.29, 1.82) is 0 Å². The SMILES string of the molecule is CSc1ccc(C(=O)NCCCCCCI)cc1. The van der Waals surface area contributed by atoms with Crippen LogP contribution in [0.25, 0.3) is 0 Å². The van der Waals surface area contributed by atoms with Gasteiger partial charge in [0.25, 0.3) is 5.91 Å². The lowest BCUT2D eigenvalue weighted by molar-refractivity contribution is 0.0953. The molecule has 100 valence electrons. The monoisotopic (exact) mass is 377 g/mol. The van der Waals surface area contributed by atoms with Crippen molar-refractivity contribution in [2.24, 2.45) is 0 Å². The van der Waals surface area contributed by atoms with Gasteiger partial charge in [0.2, 0.25) is 0 Å². The summed E-state index contributed by atoms with van der Waals surface area (Å²) in [6, 6.07) is 7.74. The summed E-state index contributed by atoms with van der Waals surface area (Å²) in [4.78, 5) is 13.0. The highest BCUT2D eigenvalue weighted by Crippen LogP contribution is 2.14. The van der Waals surface area contributed by atoms with E-state index in [1.54, 1.807) is 11.8 Å². The number of rotatable bonds is 8. The molecule has 0 aliphatic carbocycles. The van der Waals surface area contributed by atoms with E-state index >= 15 is 0 Å². The second kappa shape index (κ2) is 9.67. The Labute approximate surface area is 127 Å². The first-order chi connectivity index (χ1) is 8.77. The molecule has 0 atom stereocenters. The molecule has 0 aromatic heterocycles. The summed E-state index contributed by atoms with van der Waals surface area (Å²) in [5, 5.41) is 2.97. The van der Waals surface area contributed by atoms with Crippen molar-refractivity contribution in [1.82, 2.24) is 5.32 Å². The number of carbonyl (C=O) groups is 1. The normalized spacial score (nSPS) is 10.3. The van der Waals surface area contributed by atoms with Gasteiger partial charge in [-0.2, -0.15) is 0 Å². The van der Waals surface area contributed by atoms with Crippen LogP contribution in [-0.4, -0.2) is 23.1 Å². The first-order valence-corrected chi connectivity index (χ1v) is 9.01. The van der Waals surface area contributed by atoms with Crippen molar-refractivity contribution in [2.75, 3.05) is 17.2 Å². The minimum Gasteiger partial charge on any atom is -0.352 e. The molecule has 0 unspecified atom stereocenters. The number of unbranched alkanes of at least 4 members (excludes halogenated alkanes) is 3. The Morgan fingerprint density at radius 2 is 1.83 bits per heavy atom. The third-order valence-corrected chi connectivity index (χ3v) is 4.20. The fourth-order valence-corrected chi connectivity index (χ4v) is 2.57. The number of carbonyl (C=O) groups excluding carboxylic acids is 1. The molecule has 1 aromatic rings. The van der Waals surface area contributed by atoms with Gasteiger partial charge in [-0.25, -0.2) is 0 Å². The fourth-order valence-electron chi connectivity index (χ4n) is 1.62. The van der Waals surface area contributed by atoms with Gasteiger partial charge in [-0.05, 0) is 47.8 Å². The van der Waals surface area contributed by atoms with Crippen molar-refractivity contribution in [3.8, 4) is 0 Å². The van der Waals surface area contributed by atoms with E-state index in [-0.39, 0.29) is 5.91 Å². The first kappa shape index (κ1) is 15.8. The maximum atomic E-state index is 11.8. The maximum absolute atomic E-state index is 11.8. The van der Waals surface area contributed by atoms with E-state index in [4.69, 9.17) is 0 Å². The molecule has 1 aromatic carbocycles. The Morgan fingerprint density at radius 3 is 2.44 bits per heavy atom. The van der Waals surface area contributed by atoms with Crippen molar-refractivity contribution in [3.63, 3.8) is 0 Å². The summed E-state index contributed by atoms with van der Waals surface area (Å²) < 4.78 is 1.23. The molecule has 0 saturated carbocycles. The Bertz CT molecular complexity index is 353. The van der Waals surface area contributed by atoms with Gasteiger partial charge in [0.1, 0.15) is 0 Å². The van der Waals surface area contributed by atoms with Gasteiger partial charge < -0.3 is 5.32 Å². The lowest BCUT2D eigenvalue weighted by Crippen LogP contribution is -2.24. The fraction of sp³-hybridized carbons (Fsp3) is 0.500. The molecule has 0 fully saturated rings. The molecule has 0 aliphatic rings. The van der Waals surface area contributed by atoms with Crippen LogP contribution < -0.4 is 5.32 Å². The Balaban J connectivity index is 2.23. The zero-order chi connectivity index (χ0) is 13.2. The third kappa shape index (κ3) is 6.09. The highest BCUT2D eigenvalue weighted by molar-refractivity contribution is 14.1. The van der Waals surface area contributed by atoms with Crippen LogP contribution in [-0.2, 0) is 0 Å². The number of alkyl halides is 1. The van der Waals surface area contributed by atoms with Gasteiger partial charge in [0.05, 0.1) is 0 Å². The topological polar surface area (TPSA) is 29.1 Å². The molecular formula is C14H20INOS. The maximum Gasteiger partial charge on any atom is 0.251 e. The Morgan fingerprint density at radius 1 is 1.17 bits per heavy atom. The van der Waals surface area contributed by atoms with Crippen LogP contribution in [0.2, 0.25) is 0 Å². The minimum absolute atomic E-state index is 0.0385. The molecule has 0 bridgehead atoms. The number of benzene rings is 1. The molecule has 1 rings (SSSR count). The van der Waals surface area contributed by atoms with Crippen molar-refractivity contribution < 1.29 is 4.79 Å². The molecule has 2 nitrogen and oxygen atoms in total. The number of hydrogen-bond donors (Lipinski definition) is 1. The van der Waals surface area contributed by atoms with Gasteiger partial charge in [-0.3, -0.25) is 4.79 Å². The van der Waals surface area contributed by atoms with E-state index in [2.05, 4.69) is 27.9 Å². The summed E-state index contributed by atoms with van der Waals surface area (Å²) in [5.74, 6) is 0.0385. The van der Waals surface area contributed by atoms with Crippen LogP contribution in [0.15, 0.2) is 29.2 Å². The quantitative estimate of drug-likeness (QED) is 0.319. The van der Waals surface area contributed by atoms with E-state index < -0.39 is 0 Å². The predicted octanol–water partition coefficient (Wildman–Crippen LogP) is 4.13. The van der Waals surface area contributed by atoms with E-state index in [0.717, 1.165) is 18.5 Å². The lowest BCUT2D eigenvalue weighted by Gasteiger charge is -2.05. The van der Waals surface area contributed by atoms with Crippen LogP contribution >= 0.6 is 34.4 Å². The standard InChI is InChI=1S/C14H20INOS/c1-18-13-8-6-12(7-9-13)14(17)16-11-5-3-2-4-10-15/h6-9H,2-5,10-11H2,1H3,(H,16,17). The molecule has 1 N–H and O–H groups in total. The molecule has 0 spiro atoms. The van der Waals surface area contributed by atoms with Crippen LogP contribution in [0.3, 0.4) is 0 Å². The molecular weight excluding hydrogens is 357 g/mol. The molecule has 0 radical (unpaired) electrons. The van der Waals surface area contributed by atoms with Crippen molar-refractivity contribution in [3.05, 3.63) is 29.8 Å².